The van der Waals surface area contributed by atoms with E-state index in [-0.39, 0.29) is 5.60 Å². The van der Waals surface area contributed by atoms with Gasteiger partial charge in [0.05, 0.1) is 17.8 Å². The van der Waals surface area contributed by atoms with Crippen molar-refractivity contribution in [3.63, 3.8) is 0 Å². The molecule has 0 amide bonds. The number of allylic oxidation sites excluding steroid dienone is 4. The molecule has 2 heteroatoms. The average molecular weight is 247 g/mol. The lowest BCUT2D eigenvalue weighted by Crippen LogP contribution is -2.07. The Balaban J connectivity index is 2.20. The van der Waals surface area contributed by atoms with Crippen molar-refractivity contribution in [2.45, 2.75) is 71.5 Å². The van der Waals surface area contributed by atoms with Crippen LogP contribution < -0.4 is 0 Å². The van der Waals surface area contributed by atoms with Gasteiger partial charge in [-0.3, -0.25) is 0 Å². The topological polar surface area (TPSA) is 36.3 Å². The van der Waals surface area contributed by atoms with Gasteiger partial charge in [-0.05, 0) is 52.9 Å². The van der Waals surface area contributed by atoms with E-state index < -0.39 is 0 Å². The van der Waals surface area contributed by atoms with Gasteiger partial charge in [-0.1, -0.05) is 24.1 Å². The van der Waals surface area contributed by atoms with Gasteiger partial charge in [-0.25, -0.2) is 0 Å². The van der Waals surface area contributed by atoms with Crippen molar-refractivity contribution in [2.24, 2.45) is 0 Å². The third kappa shape index (κ3) is 4.66. The highest BCUT2D eigenvalue weighted by Crippen LogP contribution is 2.42. The Bertz CT molecular complexity index is 375. The Morgan fingerprint density at radius 2 is 2.06 bits per heavy atom. The summed E-state index contributed by atoms with van der Waals surface area (Å²) < 4.78 is 5.71. The summed E-state index contributed by atoms with van der Waals surface area (Å²) in [4.78, 5) is 0. The van der Waals surface area contributed by atoms with Crippen molar-refractivity contribution in [3.8, 4) is 6.07 Å². The van der Waals surface area contributed by atoms with Crippen molar-refractivity contribution >= 4 is 0 Å². The molecule has 1 aliphatic rings. The number of hydrogen-bond donors (Lipinski definition) is 0. The summed E-state index contributed by atoms with van der Waals surface area (Å²) in [7, 11) is 0. The number of ether oxygens (including phenoxy) is 1. The average Bonchev–Trinajstić information content (AvgIpc) is 2.99. The number of epoxide rings is 1. The standard InChI is InChI=1S/C16H25NO/c1-5-16(4)15(18-16)10-9-13(2)7-6-8-14(3)11-12-17/h7,11,15H,5-6,8-10H2,1-4H3/b13-7+,14-11+. The lowest BCUT2D eigenvalue weighted by Gasteiger charge is -2.02. The van der Waals surface area contributed by atoms with Gasteiger partial charge >= 0.3 is 0 Å². The highest BCUT2D eigenvalue weighted by atomic mass is 16.6. The van der Waals surface area contributed by atoms with Crippen LogP contribution in [0.5, 0.6) is 0 Å². The highest BCUT2D eigenvalue weighted by Gasteiger charge is 2.49. The minimum absolute atomic E-state index is 0.159. The van der Waals surface area contributed by atoms with Crippen molar-refractivity contribution in [1.29, 1.82) is 5.26 Å². The number of nitrogens with zero attached hydrogens (tertiary/aromatic N) is 1. The molecule has 0 bridgehead atoms. The van der Waals surface area contributed by atoms with E-state index in [4.69, 9.17) is 10.00 Å². The maximum absolute atomic E-state index is 8.51. The molecule has 0 aromatic carbocycles. The maximum Gasteiger partial charge on any atom is 0.0918 e. The third-order valence-electron chi connectivity index (χ3n) is 3.88. The van der Waals surface area contributed by atoms with Crippen molar-refractivity contribution in [3.05, 3.63) is 23.3 Å². The van der Waals surface area contributed by atoms with E-state index >= 15 is 0 Å². The summed E-state index contributed by atoms with van der Waals surface area (Å²) in [6.07, 6.45) is 9.78. The Morgan fingerprint density at radius 3 is 2.61 bits per heavy atom. The second-order valence-electron chi connectivity index (χ2n) is 5.52. The van der Waals surface area contributed by atoms with Gasteiger partial charge in [0.25, 0.3) is 0 Å². The summed E-state index contributed by atoms with van der Waals surface area (Å²) in [5, 5.41) is 8.51. The van der Waals surface area contributed by atoms with Crippen molar-refractivity contribution in [2.75, 3.05) is 0 Å². The molecule has 2 unspecified atom stereocenters. The minimum Gasteiger partial charge on any atom is -0.366 e. The predicted octanol–water partition coefficient (Wildman–Crippen LogP) is 4.53. The maximum atomic E-state index is 8.51. The van der Waals surface area contributed by atoms with Crippen LogP contribution in [0.3, 0.4) is 0 Å². The van der Waals surface area contributed by atoms with E-state index in [2.05, 4.69) is 32.9 Å². The summed E-state index contributed by atoms with van der Waals surface area (Å²) in [6.45, 7) is 8.59. The van der Waals surface area contributed by atoms with Gasteiger partial charge in [0.15, 0.2) is 0 Å². The second-order valence-corrected chi connectivity index (χ2v) is 5.52. The highest BCUT2D eigenvalue weighted by molar-refractivity contribution is 5.12. The SMILES string of the molecule is CCC1(C)OC1CC/C(C)=C/CC/C(C)=C/C#N. The molecule has 2 nitrogen and oxygen atoms in total. The number of nitriles is 1. The van der Waals surface area contributed by atoms with Crippen LogP contribution >= 0.6 is 0 Å². The smallest absolute Gasteiger partial charge is 0.0918 e. The van der Waals surface area contributed by atoms with Gasteiger partial charge in [-0.2, -0.15) is 5.26 Å². The van der Waals surface area contributed by atoms with Gasteiger partial charge in [0, 0.05) is 6.08 Å². The quantitative estimate of drug-likeness (QED) is 0.376. The number of rotatable bonds is 7. The molecule has 0 aromatic heterocycles. The fraction of sp³-hybridized carbons (Fsp3) is 0.688. The first kappa shape index (κ1) is 15.0. The molecule has 0 radical (unpaired) electrons. The molecule has 100 valence electrons. The molecule has 1 heterocycles. The van der Waals surface area contributed by atoms with E-state index in [1.165, 1.54) is 5.57 Å². The Hall–Kier alpha value is -1.07. The molecule has 0 spiro atoms. The fourth-order valence-electron chi connectivity index (χ4n) is 2.16. The van der Waals surface area contributed by atoms with Crippen LogP contribution in [0.1, 0.15) is 59.8 Å². The van der Waals surface area contributed by atoms with Crippen LogP contribution in [0.4, 0.5) is 0 Å². The molecule has 1 rings (SSSR count). The first-order chi connectivity index (χ1) is 8.51. The van der Waals surface area contributed by atoms with Crippen LogP contribution in [-0.2, 0) is 4.74 Å². The Kier molecular flexibility index (Phi) is 5.62. The van der Waals surface area contributed by atoms with E-state index in [1.54, 1.807) is 6.08 Å². The van der Waals surface area contributed by atoms with Gasteiger partial charge < -0.3 is 4.74 Å². The molecule has 1 aliphatic heterocycles. The molecule has 0 aromatic rings. The lowest BCUT2D eigenvalue weighted by atomic mass is 9.99. The first-order valence-electron chi connectivity index (χ1n) is 6.90. The van der Waals surface area contributed by atoms with Crippen LogP contribution in [0.25, 0.3) is 0 Å². The van der Waals surface area contributed by atoms with Crippen LogP contribution in [0, 0.1) is 11.3 Å². The van der Waals surface area contributed by atoms with E-state index in [0.717, 1.165) is 37.7 Å². The molecule has 1 fully saturated rings. The minimum atomic E-state index is 0.159. The third-order valence-corrected chi connectivity index (χ3v) is 3.88. The molecule has 0 aliphatic carbocycles. The monoisotopic (exact) mass is 247 g/mol. The number of hydrogen-bond acceptors (Lipinski definition) is 2. The summed E-state index contributed by atoms with van der Waals surface area (Å²) in [5.41, 5.74) is 2.76. The van der Waals surface area contributed by atoms with Gasteiger partial charge in [-0.15, -0.1) is 0 Å². The molecule has 18 heavy (non-hydrogen) atoms. The first-order valence-corrected chi connectivity index (χ1v) is 6.90. The zero-order valence-corrected chi connectivity index (χ0v) is 12.1. The zero-order chi connectivity index (χ0) is 13.6. The van der Waals surface area contributed by atoms with Gasteiger partial charge in [0.2, 0.25) is 0 Å². The zero-order valence-electron chi connectivity index (χ0n) is 12.1. The molecule has 0 N–H and O–H groups in total. The molecule has 2 atom stereocenters. The molecule has 1 saturated heterocycles. The van der Waals surface area contributed by atoms with Gasteiger partial charge in [0.1, 0.15) is 0 Å². The lowest BCUT2D eigenvalue weighted by molar-refractivity contribution is 0.300. The summed E-state index contributed by atoms with van der Waals surface area (Å²) in [5.74, 6) is 0. The Labute approximate surface area is 111 Å². The van der Waals surface area contributed by atoms with Crippen molar-refractivity contribution < 1.29 is 4.74 Å². The van der Waals surface area contributed by atoms with Crippen LogP contribution in [0.15, 0.2) is 23.3 Å². The summed E-state index contributed by atoms with van der Waals surface area (Å²) >= 11 is 0. The van der Waals surface area contributed by atoms with E-state index in [1.807, 2.05) is 6.92 Å². The van der Waals surface area contributed by atoms with Crippen molar-refractivity contribution in [1.82, 2.24) is 0 Å². The van der Waals surface area contributed by atoms with Crippen LogP contribution in [-0.4, -0.2) is 11.7 Å². The normalized spacial score (nSPS) is 28.1. The molecule has 0 saturated carbocycles. The van der Waals surface area contributed by atoms with E-state index in [9.17, 15) is 0 Å². The molecular formula is C16H25NO. The molecular weight excluding hydrogens is 222 g/mol. The van der Waals surface area contributed by atoms with Crippen LogP contribution in [0.2, 0.25) is 0 Å². The second kappa shape index (κ2) is 6.75. The predicted molar refractivity (Wildman–Crippen MR) is 75.2 cm³/mol. The largest absolute Gasteiger partial charge is 0.366 e. The fourth-order valence-corrected chi connectivity index (χ4v) is 2.16. The van der Waals surface area contributed by atoms with E-state index in [0.29, 0.717) is 6.10 Å². The summed E-state index contributed by atoms with van der Waals surface area (Å²) in [6, 6.07) is 2.07. The Morgan fingerprint density at radius 1 is 1.33 bits per heavy atom.